The summed E-state index contributed by atoms with van der Waals surface area (Å²) in [6.45, 7) is 2.81. The molecule has 3 rings (SSSR count). The molecule has 1 aliphatic heterocycles. The summed E-state index contributed by atoms with van der Waals surface area (Å²) in [7, 11) is 4.88. The Morgan fingerprint density at radius 1 is 1.00 bits per heavy atom. The molecule has 0 aliphatic carbocycles. The van der Waals surface area contributed by atoms with Gasteiger partial charge in [0.1, 0.15) is 17.2 Å². The van der Waals surface area contributed by atoms with Gasteiger partial charge in [-0.05, 0) is 36.2 Å². The first kappa shape index (κ1) is 20.0. The highest BCUT2D eigenvalue weighted by Gasteiger charge is 2.44. The highest BCUT2D eigenvalue weighted by atomic mass is 16.5. The lowest BCUT2D eigenvalue weighted by Crippen LogP contribution is -2.27. The van der Waals surface area contributed by atoms with Crippen LogP contribution in [0.2, 0.25) is 0 Å². The molecule has 3 atom stereocenters. The molecule has 6 nitrogen and oxygen atoms in total. The second-order valence-corrected chi connectivity index (χ2v) is 6.65. The lowest BCUT2D eigenvalue weighted by Gasteiger charge is -2.24. The van der Waals surface area contributed by atoms with Crippen LogP contribution in [0.25, 0.3) is 0 Å². The average molecular weight is 385 g/mol. The largest absolute Gasteiger partial charge is 0.497 e. The Hall–Kier alpha value is -2.73. The Morgan fingerprint density at radius 3 is 2.29 bits per heavy atom. The number of rotatable bonds is 7. The van der Waals surface area contributed by atoms with Crippen LogP contribution in [0.4, 0.5) is 0 Å². The zero-order valence-corrected chi connectivity index (χ0v) is 16.7. The van der Waals surface area contributed by atoms with Crippen molar-refractivity contribution in [2.75, 3.05) is 34.5 Å². The standard InChI is InChI=1S/C22H27NO5/c1-5-28-22(24)20-18(17-11-10-16(26-3)12-19(17)27-4)13-23-21(20)14-6-8-15(25-2)9-7-14/h6-12,18,20-21,23H,5,13H2,1-4H3/t18-,20-,21+/m1/s1. The van der Waals surface area contributed by atoms with Crippen LogP contribution in [0.5, 0.6) is 17.2 Å². The maximum Gasteiger partial charge on any atom is 0.311 e. The van der Waals surface area contributed by atoms with Gasteiger partial charge in [-0.1, -0.05) is 18.2 Å². The van der Waals surface area contributed by atoms with Crippen molar-refractivity contribution in [2.45, 2.75) is 18.9 Å². The van der Waals surface area contributed by atoms with Gasteiger partial charge in [0.25, 0.3) is 0 Å². The van der Waals surface area contributed by atoms with Crippen LogP contribution in [-0.2, 0) is 9.53 Å². The molecule has 2 aromatic carbocycles. The van der Waals surface area contributed by atoms with Crippen LogP contribution in [0.15, 0.2) is 42.5 Å². The molecule has 1 fully saturated rings. The fourth-order valence-corrected chi connectivity index (χ4v) is 3.84. The summed E-state index contributed by atoms with van der Waals surface area (Å²) in [6.07, 6.45) is 0. The predicted octanol–water partition coefficient (Wildman–Crippen LogP) is 3.32. The monoisotopic (exact) mass is 385 g/mol. The van der Waals surface area contributed by atoms with E-state index in [1.54, 1.807) is 21.3 Å². The van der Waals surface area contributed by atoms with Crippen LogP contribution >= 0.6 is 0 Å². The van der Waals surface area contributed by atoms with E-state index in [-0.39, 0.29) is 23.8 Å². The lowest BCUT2D eigenvalue weighted by molar-refractivity contribution is -0.148. The van der Waals surface area contributed by atoms with Crippen molar-refractivity contribution in [2.24, 2.45) is 5.92 Å². The van der Waals surface area contributed by atoms with Crippen molar-refractivity contribution >= 4 is 5.97 Å². The summed E-state index contributed by atoms with van der Waals surface area (Å²) in [4.78, 5) is 12.9. The third-order valence-corrected chi connectivity index (χ3v) is 5.22. The molecule has 0 amide bonds. The Bertz CT molecular complexity index is 805. The molecule has 0 unspecified atom stereocenters. The maximum absolute atomic E-state index is 12.9. The minimum Gasteiger partial charge on any atom is -0.497 e. The lowest BCUT2D eigenvalue weighted by atomic mass is 9.82. The highest BCUT2D eigenvalue weighted by molar-refractivity contribution is 5.76. The number of carbonyl (C=O) groups excluding carboxylic acids is 1. The van der Waals surface area contributed by atoms with E-state index in [4.69, 9.17) is 18.9 Å². The zero-order valence-electron chi connectivity index (χ0n) is 16.7. The number of hydrogen-bond acceptors (Lipinski definition) is 6. The van der Waals surface area contributed by atoms with Crippen LogP contribution in [0.1, 0.15) is 30.0 Å². The minimum atomic E-state index is -0.365. The number of esters is 1. The van der Waals surface area contributed by atoms with Gasteiger partial charge in [0.2, 0.25) is 0 Å². The van der Waals surface area contributed by atoms with E-state index in [0.717, 1.165) is 16.9 Å². The molecule has 1 heterocycles. The number of carbonyl (C=O) groups is 1. The van der Waals surface area contributed by atoms with E-state index in [0.29, 0.717) is 24.7 Å². The van der Waals surface area contributed by atoms with Gasteiger partial charge in [-0.2, -0.15) is 0 Å². The van der Waals surface area contributed by atoms with Gasteiger partial charge in [-0.15, -0.1) is 0 Å². The molecule has 1 aliphatic rings. The van der Waals surface area contributed by atoms with Gasteiger partial charge in [0.05, 0.1) is 33.9 Å². The van der Waals surface area contributed by atoms with Gasteiger partial charge < -0.3 is 24.3 Å². The summed E-state index contributed by atoms with van der Waals surface area (Å²) in [5.41, 5.74) is 1.98. The fraction of sp³-hybridized carbons (Fsp3) is 0.409. The zero-order chi connectivity index (χ0) is 20.1. The maximum atomic E-state index is 12.9. The average Bonchev–Trinajstić information content (AvgIpc) is 3.18. The van der Waals surface area contributed by atoms with E-state index in [9.17, 15) is 4.79 Å². The van der Waals surface area contributed by atoms with Crippen molar-refractivity contribution in [1.29, 1.82) is 0 Å². The van der Waals surface area contributed by atoms with E-state index < -0.39 is 0 Å². The molecule has 6 heteroatoms. The molecular weight excluding hydrogens is 358 g/mol. The highest BCUT2D eigenvalue weighted by Crippen LogP contribution is 2.44. The molecule has 0 spiro atoms. The van der Waals surface area contributed by atoms with Crippen LogP contribution in [0.3, 0.4) is 0 Å². The first-order valence-corrected chi connectivity index (χ1v) is 9.38. The molecule has 1 N–H and O–H groups in total. The Kier molecular flexibility index (Phi) is 6.41. The van der Waals surface area contributed by atoms with E-state index >= 15 is 0 Å². The third kappa shape index (κ3) is 3.92. The number of hydrogen-bond donors (Lipinski definition) is 1. The first-order valence-electron chi connectivity index (χ1n) is 9.38. The van der Waals surface area contributed by atoms with Gasteiger partial charge in [-0.25, -0.2) is 0 Å². The smallest absolute Gasteiger partial charge is 0.311 e. The predicted molar refractivity (Wildman–Crippen MR) is 106 cm³/mol. The summed E-state index contributed by atoms with van der Waals surface area (Å²) in [5, 5.41) is 3.50. The second kappa shape index (κ2) is 8.97. The first-order chi connectivity index (χ1) is 13.6. The summed E-state index contributed by atoms with van der Waals surface area (Å²) in [5.74, 6) is 1.54. The molecule has 0 saturated carbocycles. The number of benzene rings is 2. The third-order valence-electron chi connectivity index (χ3n) is 5.22. The van der Waals surface area contributed by atoms with Crippen LogP contribution < -0.4 is 19.5 Å². The van der Waals surface area contributed by atoms with Crippen molar-refractivity contribution in [3.8, 4) is 17.2 Å². The van der Waals surface area contributed by atoms with Gasteiger partial charge in [0, 0.05) is 24.6 Å². The summed E-state index contributed by atoms with van der Waals surface area (Å²) < 4.78 is 21.6. The quantitative estimate of drug-likeness (QED) is 0.738. The normalized spacial score (nSPS) is 21.2. The van der Waals surface area contributed by atoms with Crippen molar-refractivity contribution in [3.63, 3.8) is 0 Å². The minimum absolute atomic E-state index is 0.0768. The topological polar surface area (TPSA) is 66.0 Å². The van der Waals surface area contributed by atoms with Crippen molar-refractivity contribution < 1.29 is 23.7 Å². The van der Waals surface area contributed by atoms with Gasteiger partial charge >= 0.3 is 5.97 Å². The molecule has 2 aromatic rings. The fourth-order valence-electron chi connectivity index (χ4n) is 3.84. The van der Waals surface area contributed by atoms with Crippen molar-refractivity contribution in [3.05, 3.63) is 53.6 Å². The molecule has 0 aromatic heterocycles. The molecule has 150 valence electrons. The summed E-state index contributed by atoms with van der Waals surface area (Å²) >= 11 is 0. The molecule has 28 heavy (non-hydrogen) atoms. The van der Waals surface area contributed by atoms with E-state index in [1.165, 1.54) is 0 Å². The molecule has 1 saturated heterocycles. The van der Waals surface area contributed by atoms with E-state index in [1.807, 2.05) is 49.4 Å². The van der Waals surface area contributed by atoms with Gasteiger partial charge in [0.15, 0.2) is 0 Å². The van der Waals surface area contributed by atoms with Gasteiger partial charge in [-0.3, -0.25) is 4.79 Å². The second-order valence-electron chi connectivity index (χ2n) is 6.65. The molecule has 0 bridgehead atoms. The Morgan fingerprint density at radius 2 is 1.68 bits per heavy atom. The van der Waals surface area contributed by atoms with Crippen LogP contribution in [0, 0.1) is 5.92 Å². The van der Waals surface area contributed by atoms with Crippen molar-refractivity contribution in [1.82, 2.24) is 5.32 Å². The number of methoxy groups -OCH3 is 3. The summed E-state index contributed by atoms with van der Waals surface area (Å²) in [6, 6.07) is 13.3. The van der Waals surface area contributed by atoms with E-state index in [2.05, 4.69) is 5.32 Å². The number of nitrogens with one attached hydrogen (secondary N) is 1. The molecule has 0 radical (unpaired) electrons. The van der Waals surface area contributed by atoms with Crippen LogP contribution in [-0.4, -0.2) is 40.5 Å². The number of ether oxygens (including phenoxy) is 4. The Balaban J connectivity index is 1.98. The molecular formula is C22H27NO5. The Labute approximate surface area is 165 Å². The SMILES string of the molecule is CCOC(=O)[C@@H]1[C@@H](c2ccc(OC)cc2OC)CN[C@H]1c1ccc(OC)cc1.